The molecule has 21 heavy (non-hydrogen) atoms. The molecule has 0 amide bonds. The highest BCUT2D eigenvalue weighted by Crippen LogP contribution is 2.26. The summed E-state index contributed by atoms with van der Waals surface area (Å²) in [6, 6.07) is 4.65. The molecular weight excluding hydrogens is 258 g/mol. The number of imidazole rings is 1. The molecule has 110 valence electrons. The predicted molar refractivity (Wildman–Crippen MR) is 85.4 cm³/mol. The summed E-state index contributed by atoms with van der Waals surface area (Å²) < 4.78 is 2.15. The molecule has 0 unspecified atom stereocenters. The van der Waals surface area contributed by atoms with E-state index in [1.807, 2.05) is 19.3 Å². The van der Waals surface area contributed by atoms with Gasteiger partial charge in [0.2, 0.25) is 0 Å². The van der Waals surface area contributed by atoms with Crippen LogP contribution >= 0.6 is 0 Å². The number of rotatable bonds is 5. The highest BCUT2D eigenvalue weighted by Gasteiger charge is 2.16. The van der Waals surface area contributed by atoms with E-state index in [9.17, 15) is 5.26 Å². The molecule has 1 aromatic heterocycles. The van der Waals surface area contributed by atoms with Crippen molar-refractivity contribution in [3.05, 3.63) is 52.1 Å². The van der Waals surface area contributed by atoms with E-state index in [-0.39, 0.29) is 0 Å². The molecule has 0 N–H and O–H groups in total. The molecule has 1 aromatic carbocycles. The molecule has 2 rings (SSSR count). The van der Waals surface area contributed by atoms with Crippen molar-refractivity contribution < 1.29 is 0 Å². The predicted octanol–water partition coefficient (Wildman–Crippen LogP) is 3.80. The third-order valence-electron chi connectivity index (χ3n) is 4.20. The first-order valence-corrected chi connectivity index (χ1v) is 7.70. The van der Waals surface area contributed by atoms with Crippen LogP contribution in [0.5, 0.6) is 0 Å². The second-order valence-corrected chi connectivity index (χ2v) is 5.30. The number of nitriles is 1. The van der Waals surface area contributed by atoms with Crippen LogP contribution in [0, 0.1) is 18.3 Å². The summed E-state index contributed by atoms with van der Waals surface area (Å²) in [6.45, 7) is 9.26. The van der Waals surface area contributed by atoms with Crippen LogP contribution in [-0.4, -0.2) is 9.55 Å². The minimum Gasteiger partial charge on any atom is -0.331 e. The number of benzene rings is 1. The number of hydrogen-bond acceptors (Lipinski definition) is 2. The van der Waals surface area contributed by atoms with Crippen molar-refractivity contribution in [3.63, 3.8) is 0 Å². The fourth-order valence-electron chi connectivity index (χ4n) is 2.97. The Labute approximate surface area is 127 Å². The number of aromatic nitrogens is 2. The van der Waals surface area contributed by atoms with Crippen LogP contribution in [0.1, 0.15) is 54.4 Å². The molecule has 0 aliphatic rings. The SMILES string of the molecule is CCc1cc(CC)c(Cn2ccnc2C)c(CC)c1C#N. The van der Waals surface area contributed by atoms with Gasteiger partial charge in [-0.15, -0.1) is 0 Å². The Hall–Kier alpha value is -2.08. The Kier molecular flexibility index (Phi) is 4.80. The van der Waals surface area contributed by atoms with Crippen molar-refractivity contribution in [2.75, 3.05) is 0 Å². The lowest BCUT2D eigenvalue weighted by atomic mass is 9.88. The monoisotopic (exact) mass is 281 g/mol. The summed E-state index contributed by atoms with van der Waals surface area (Å²) in [7, 11) is 0. The van der Waals surface area contributed by atoms with Gasteiger partial charge in [0.15, 0.2) is 0 Å². The number of nitrogens with zero attached hydrogens (tertiary/aromatic N) is 3. The van der Waals surface area contributed by atoms with Crippen LogP contribution in [0.2, 0.25) is 0 Å². The minimum absolute atomic E-state index is 0.802. The smallest absolute Gasteiger partial charge is 0.105 e. The molecule has 3 nitrogen and oxygen atoms in total. The first-order chi connectivity index (χ1) is 10.2. The molecule has 1 heterocycles. The lowest BCUT2D eigenvalue weighted by Gasteiger charge is -2.19. The van der Waals surface area contributed by atoms with Crippen molar-refractivity contribution >= 4 is 0 Å². The highest BCUT2D eigenvalue weighted by molar-refractivity contribution is 5.52. The van der Waals surface area contributed by atoms with Crippen molar-refractivity contribution in [2.45, 2.75) is 53.5 Å². The first-order valence-electron chi connectivity index (χ1n) is 7.70. The fourth-order valence-corrected chi connectivity index (χ4v) is 2.97. The maximum Gasteiger partial charge on any atom is 0.105 e. The lowest BCUT2D eigenvalue weighted by molar-refractivity contribution is 0.743. The summed E-state index contributed by atoms with van der Waals surface area (Å²) in [5.41, 5.74) is 5.93. The number of hydrogen-bond donors (Lipinski definition) is 0. The molecule has 0 bridgehead atoms. The topological polar surface area (TPSA) is 41.6 Å². The van der Waals surface area contributed by atoms with Crippen molar-refractivity contribution in [3.8, 4) is 6.07 Å². The van der Waals surface area contributed by atoms with E-state index >= 15 is 0 Å². The molecule has 0 atom stereocenters. The maximum absolute atomic E-state index is 9.56. The van der Waals surface area contributed by atoms with E-state index in [1.165, 1.54) is 22.3 Å². The highest BCUT2D eigenvalue weighted by atomic mass is 15.0. The zero-order valence-corrected chi connectivity index (χ0v) is 13.4. The summed E-state index contributed by atoms with van der Waals surface area (Å²) in [6.07, 6.45) is 6.64. The Balaban J connectivity index is 2.63. The van der Waals surface area contributed by atoms with Crippen molar-refractivity contribution in [1.82, 2.24) is 9.55 Å². The van der Waals surface area contributed by atoms with Gasteiger partial charge in [-0.25, -0.2) is 4.98 Å². The van der Waals surface area contributed by atoms with Gasteiger partial charge < -0.3 is 4.57 Å². The fraction of sp³-hybridized carbons (Fsp3) is 0.444. The second kappa shape index (κ2) is 6.58. The zero-order chi connectivity index (χ0) is 15.4. The van der Waals surface area contributed by atoms with Crippen LogP contribution in [0.15, 0.2) is 18.5 Å². The van der Waals surface area contributed by atoms with Gasteiger partial charge >= 0.3 is 0 Å². The van der Waals surface area contributed by atoms with Gasteiger partial charge in [0, 0.05) is 18.9 Å². The average Bonchev–Trinajstić information content (AvgIpc) is 2.91. The van der Waals surface area contributed by atoms with Crippen molar-refractivity contribution in [2.24, 2.45) is 0 Å². The van der Waals surface area contributed by atoms with Gasteiger partial charge in [-0.05, 0) is 48.4 Å². The van der Waals surface area contributed by atoms with Gasteiger partial charge in [0.25, 0.3) is 0 Å². The molecule has 3 heteroatoms. The first kappa shape index (κ1) is 15.3. The van der Waals surface area contributed by atoms with E-state index in [4.69, 9.17) is 0 Å². The summed E-state index contributed by atoms with van der Waals surface area (Å²) in [4.78, 5) is 4.30. The molecule has 2 aromatic rings. The van der Waals surface area contributed by atoms with Crippen LogP contribution in [0.4, 0.5) is 0 Å². The summed E-state index contributed by atoms with van der Waals surface area (Å²) in [5.74, 6) is 1.01. The molecule has 0 aliphatic carbocycles. The van der Waals surface area contributed by atoms with Crippen LogP contribution < -0.4 is 0 Å². The Morgan fingerprint density at radius 1 is 1.10 bits per heavy atom. The van der Waals surface area contributed by atoms with E-state index < -0.39 is 0 Å². The van der Waals surface area contributed by atoms with Gasteiger partial charge in [-0.3, -0.25) is 0 Å². The molecule has 0 saturated carbocycles. The van der Waals surface area contributed by atoms with E-state index in [0.29, 0.717) is 0 Å². The zero-order valence-electron chi connectivity index (χ0n) is 13.4. The van der Waals surface area contributed by atoms with Gasteiger partial charge in [0.05, 0.1) is 11.6 Å². The molecule has 0 aliphatic heterocycles. The molecule has 0 fully saturated rings. The standard InChI is InChI=1S/C18H23N3/c1-5-14-10-15(6-2)18(16(7-3)17(14)11-19)12-21-9-8-20-13(21)4/h8-10H,5-7,12H2,1-4H3. The minimum atomic E-state index is 0.802. The molecular formula is C18H23N3. The normalized spacial score (nSPS) is 10.6. The molecule has 0 saturated heterocycles. The van der Waals surface area contributed by atoms with Crippen molar-refractivity contribution in [1.29, 1.82) is 5.26 Å². The largest absolute Gasteiger partial charge is 0.331 e. The summed E-state index contributed by atoms with van der Waals surface area (Å²) >= 11 is 0. The lowest BCUT2D eigenvalue weighted by Crippen LogP contribution is -2.10. The molecule has 0 spiro atoms. The van der Waals surface area contributed by atoms with E-state index in [2.05, 4.69) is 42.5 Å². The summed E-state index contributed by atoms with van der Waals surface area (Å²) in [5, 5.41) is 9.56. The maximum atomic E-state index is 9.56. The third kappa shape index (κ3) is 2.85. The number of aryl methyl sites for hydroxylation is 3. The molecule has 0 radical (unpaired) electrons. The third-order valence-corrected chi connectivity index (χ3v) is 4.20. The van der Waals surface area contributed by atoms with Gasteiger partial charge in [-0.2, -0.15) is 5.26 Å². The van der Waals surface area contributed by atoms with Crippen LogP contribution in [0.3, 0.4) is 0 Å². The van der Waals surface area contributed by atoms with Gasteiger partial charge in [0.1, 0.15) is 5.82 Å². The Morgan fingerprint density at radius 2 is 1.81 bits per heavy atom. The Bertz CT molecular complexity index is 675. The van der Waals surface area contributed by atoms with E-state index in [1.54, 1.807) is 0 Å². The Morgan fingerprint density at radius 3 is 2.29 bits per heavy atom. The van der Waals surface area contributed by atoms with Crippen LogP contribution in [0.25, 0.3) is 0 Å². The quantitative estimate of drug-likeness (QED) is 0.836. The average molecular weight is 281 g/mol. The van der Waals surface area contributed by atoms with Crippen LogP contribution in [-0.2, 0) is 25.8 Å². The second-order valence-electron chi connectivity index (χ2n) is 5.30. The van der Waals surface area contributed by atoms with Gasteiger partial charge in [-0.1, -0.05) is 26.8 Å². The van der Waals surface area contributed by atoms with E-state index in [0.717, 1.165) is 37.2 Å².